The van der Waals surface area contributed by atoms with Crippen molar-refractivity contribution in [3.63, 3.8) is 0 Å². The fourth-order valence-corrected chi connectivity index (χ4v) is 4.81. The molecule has 34 heavy (non-hydrogen) atoms. The van der Waals surface area contributed by atoms with E-state index in [1.54, 1.807) is 43.3 Å². The molecule has 1 aliphatic rings. The van der Waals surface area contributed by atoms with Crippen LogP contribution < -0.4 is 10.6 Å². The Bertz CT molecular complexity index is 1370. The highest BCUT2D eigenvalue weighted by atomic mass is 32.2. The summed E-state index contributed by atoms with van der Waals surface area (Å²) in [4.78, 5) is 27.1. The predicted molar refractivity (Wildman–Crippen MR) is 124 cm³/mol. The minimum Gasteiger partial charge on any atom is -0.466 e. The lowest BCUT2D eigenvalue weighted by Gasteiger charge is -2.36. The fraction of sp³-hybridized carbons (Fsp3) is 0.208. The van der Waals surface area contributed by atoms with Crippen LogP contribution in [0.15, 0.2) is 76.1 Å². The molecule has 3 rings (SSSR count). The molecule has 1 heterocycles. The van der Waals surface area contributed by atoms with E-state index in [9.17, 15) is 23.3 Å². The number of allylic oxidation sites excluding steroid dienone is 1. The van der Waals surface area contributed by atoms with E-state index in [1.807, 2.05) is 6.07 Å². The number of anilines is 1. The lowest BCUT2D eigenvalue weighted by atomic mass is 9.81. The molecule has 1 aliphatic heterocycles. The van der Waals surface area contributed by atoms with Gasteiger partial charge in [-0.2, -0.15) is 5.26 Å². The number of benzene rings is 2. The van der Waals surface area contributed by atoms with Crippen molar-refractivity contribution in [1.29, 1.82) is 5.26 Å². The Balaban J connectivity index is 2.51. The molecule has 0 radical (unpaired) electrons. The fourth-order valence-electron chi connectivity index (χ4n) is 3.87. The Morgan fingerprint density at radius 3 is 2.21 bits per heavy atom. The maximum absolute atomic E-state index is 13.1. The number of hydrogen-bond donors (Lipinski definition) is 1. The van der Waals surface area contributed by atoms with Gasteiger partial charge < -0.3 is 15.2 Å². The normalized spacial score (nSPS) is 16.2. The summed E-state index contributed by atoms with van der Waals surface area (Å²) in [7, 11) is -1.56. The summed E-state index contributed by atoms with van der Waals surface area (Å²) in [6, 6.07) is 15.0. The number of nitrogens with two attached hydrogens (primary N) is 1. The van der Waals surface area contributed by atoms with Gasteiger partial charge in [0.05, 0.1) is 47.9 Å². The van der Waals surface area contributed by atoms with Crippen LogP contribution in [0.4, 0.5) is 5.69 Å². The molecule has 2 aromatic rings. The average molecular weight is 482 g/mol. The third kappa shape index (κ3) is 4.25. The standard InChI is InChI=1S/C24H23N3O6S/c1-14-10-11-17(18(12-14)34(4,30)31)27-21(24(29)33-3)20(23(28)32-2)19(16(13-25)22(27)26)15-8-6-5-7-9-15/h5-12,19H,26H2,1-4H3. The van der Waals surface area contributed by atoms with Gasteiger partial charge in [0.2, 0.25) is 0 Å². The molecule has 10 heteroatoms. The predicted octanol–water partition coefficient (Wildman–Crippen LogP) is 2.30. The molecule has 9 nitrogen and oxygen atoms in total. The highest BCUT2D eigenvalue weighted by Gasteiger charge is 2.43. The van der Waals surface area contributed by atoms with E-state index in [2.05, 4.69) is 0 Å². The molecule has 0 fully saturated rings. The maximum Gasteiger partial charge on any atom is 0.355 e. The number of methoxy groups -OCH3 is 2. The Hall–Kier alpha value is -4.10. The number of sulfone groups is 1. The van der Waals surface area contributed by atoms with Crippen molar-refractivity contribution in [2.24, 2.45) is 5.73 Å². The number of nitrogens with zero attached hydrogens (tertiary/aromatic N) is 2. The number of aryl methyl sites for hydroxylation is 1. The van der Waals surface area contributed by atoms with Crippen LogP contribution in [0.5, 0.6) is 0 Å². The molecule has 0 spiro atoms. The summed E-state index contributed by atoms with van der Waals surface area (Å²) >= 11 is 0. The van der Waals surface area contributed by atoms with Crippen LogP contribution in [0.1, 0.15) is 17.0 Å². The zero-order chi connectivity index (χ0) is 25.2. The van der Waals surface area contributed by atoms with Gasteiger partial charge in [-0.1, -0.05) is 36.4 Å². The molecular weight excluding hydrogens is 458 g/mol. The zero-order valence-electron chi connectivity index (χ0n) is 19.0. The van der Waals surface area contributed by atoms with Gasteiger partial charge in [0, 0.05) is 6.26 Å². The molecule has 1 unspecified atom stereocenters. The summed E-state index contributed by atoms with van der Waals surface area (Å²) in [5.41, 5.74) is 6.97. The monoisotopic (exact) mass is 481 g/mol. The van der Waals surface area contributed by atoms with E-state index in [0.29, 0.717) is 11.1 Å². The summed E-state index contributed by atoms with van der Waals surface area (Å²) in [6.07, 6.45) is 1.01. The van der Waals surface area contributed by atoms with Gasteiger partial charge in [-0.15, -0.1) is 0 Å². The third-order valence-electron chi connectivity index (χ3n) is 5.37. The summed E-state index contributed by atoms with van der Waals surface area (Å²) in [5.74, 6) is -3.11. The van der Waals surface area contributed by atoms with E-state index in [4.69, 9.17) is 15.2 Å². The lowest BCUT2D eigenvalue weighted by molar-refractivity contribution is -0.139. The van der Waals surface area contributed by atoms with Gasteiger partial charge in [-0.05, 0) is 30.2 Å². The van der Waals surface area contributed by atoms with Crippen LogP contribution in [0.3, 0.4) is 0 Å². The van der Waals surface area contributed by atoms with E-state index < -0.39 is 27.7 Å². The average Bonchev–Trinajstić information content (AvgIpc) is 2.82. The first kappa shape index (κ1) is 24.5. The van der Waals surface area contributed by atoms with E-state index in [-0.39, 0.29) is 33.2 Å². The van der Waals surface area contributed by atoms with Crippen molar-refractivity contribution < 1.29 is 27.5 Å². The minimum absolute atomic E-state index is 0.00772. The van der Waals surface area contributed by atoms with Crippen molar-refractivity contribution in [2.75, 3.05) is 25.4 Å². The highest BCUT2D eigenvalue weighted by molar-refractivity contribution is 7.90. The number of carbonyl (C=O) groups excluding carboxylic acids is 2. The first-order valence-corrected chi connectivity index (χ1v) is 11.9. The molecule has 0 aromatic heterocycles. The molecule has 0 saturated heterocycles. The molecule has 0 amide bonds. The van der Waals surface area contributed by atoms with Gasteiger partial charge >= 0.3 is 11.9 Å². The Kier molecular flexibility index (Phi) is 6.79. The first-order chi connectivity index (χ1) is 16.1. The highest BCUT2D eigenvalue weighted by Crippen LogP contribution is 2.44. The number of hydrogen-bond acceptors (Lipinski definition) is 9. The summed E-state index contributed by atoms with van der Waals surface area (Å²) < 4.78 is 35.2. The van der Waals surface area contributed by atoms with Crippen molar-refractivity contribution in [3.05, 3.63) is 82.3 Å². The summed E-state index contributed by atoms with van der Waals surface area (Å²) in [6.45, 7) is 1.71. The van der Waals surface area contributed by atoms with Gasteiger partial charge in [-0.25, -0.2) is 18.0 Å². The second kappa shape index (κ2) is 9.41. The molecule has 0 bridgehead atoms. The third-order valence-corrected chi connectivity index (χ3v) is 6.49. The number of carbonyl (C=O) groups is 2. The first-order valence-electron chi connectivity index (χ1n) is 10.0. The Labute approximate surface area is 197 Å². The molecule has 2 aromatic carbocycles. The zero-order valence-corrected chi connectivity index (χ0v) is 19.8. The van der Waals surface area contributed by atoms with Crippen LogP contribution in [0.25, 0.3) is 0 Å². The van der Waals surface area contributed by atoms with E-state index in [0.717, 1.165) is 25.4 Å². The van der Waals surface area contributed by atoms with Gasteiger partial charge in [0.1, 0.15) is 11.5 Å². The molecule has 176 valence electrons. The molecular formula is C24H23N3O6S. The van der Waals surface area contributed by atoms with Gasteiger partial charge in [0.25, 0.3) is 0 Å². The number of esters is 2. The van der Waals surface area contributed by atoms with Crippen LogP contribution in [0.2, 0.25) is 0 Å². The molecule has 2 N–H and O–H groups in total. The van der Waals surface area contributed by atoms with Crippen molar-refractivity contribution in [1.82, 2.24) is 0 Å². The van der Waals surface area contributed by atoms with E-state index >= 15 is 0 Å². The number of rotatable bonds is 5. The van der Waals surface area contributed by atoms with Crippen LogP contribution >= 0.6 is 0 Å². The topological polar surface area (TPSA) is 140 Å². The van der Waals surface area contributed by atoms with Crippen LogP contribution in [0, 0.1) is 18.3 Å². The van der Waals surface area contributed by atoms with E-state index in [1.165, 1.54) is 12.1 Å². The smallest absolute Gasteiger partial charge is 0.355 e. The minimum atomic E-state index is -3.81. The van der Waals surface area contributed by atoms with Gasteiger partial charge in [-0.3, -0.25) is 4.90 Å². The SMILES string of the molecule is COC(=O)C1=C(C(=O)OC)N(c2ccc(C)cc2S(C)(=O)=O)C(N)=C(C#N)C1c1ccccc1. The lowest BCUT2D eigenvalue weighted by Crippen LogP contribution is -2.41. The Morgan fingerprint density at radius 1 is 1.06 bits per heavy atom. The van der Waals surface area contributed by atoms with Crippen molar-refractivity contribution in [3.8, 4) is 6.07 Å². The van der Waals surface area contributed by atoms with Crippen LogP contribution in [-0.4, -0.2) is 40.8 Å². The largest absolute Gasteiger partial charge is 0.466 e. The van der Waals surface area contributed by atoms with Crippen LogP contribution in [-0.2, 0) is 28.9 Å². The van der Waals surface area contributed by atoms with Crippen molar-refractivity contribution in [2.45, 2.75) is 17.7 Å². The summed E-state index contributed by atoms with van der Waals surface area (Å²) in [5, 5.41) is 10.1. The van der Waals surface area contributed by atoms with Crippen molar-refractivity contribution >= 4 is 27.5 Å². The number of ether oxygens (including phenoxy) is 2. The van der Waals surface area contributed by atoms with Gasteiger partial charge in [0.15, 0.2) is 9.84 Å². The molecule has 0 saturated carbocycles. The maximum atomic E-state index is 13.1. The molecule has 0 aliphatic carbocycles. The molecule has 1 atom stereocenters. The second-order valence-electron chi connectivity index (χ2n) is 7.58. The quantitative estimate of drug-likeness (QED) is 0.637. The Morgan fingerprint density at radius 2 is 1.68 bits per heavy atom. The second-order valence-corrected chi connectivity index (χ2v) is 9.56. The number of nitriles is 1.